The smallest absolute Gasteiger partial charge is 0.241 e. The molecule has 7 nitrogen and oxygen atoms in total. The summed E-state index contributed by atoms with van der Waals surface area (Å²) >= 11 is 1.63. The molecule has 1 N–H and O–H groups in total. The van der Waals surface area contributed by atoms with E-state index in [9.17, 15) is 17.6 Å². The lowest BCUT2D eigenvalue weighted by atomic mass is 10.0. The summed E-state index contributed by atoms with van der Waals surface area (Å²) in [4.78, 5) is 20.8. The monoisotopic (exact) mass is 552 g/mol. The first-order chi connectivity index (χ1) is 18.2. The second-order valence-electron chi connectivity index (χ2n) is 9.61. The molecule has 2 atom stereocenters. The molecule has 0 saturated carbocycles. The number of carbonyl (C=O) groups excluding carboxylic acids is 1. The van der Waals surface area contributed by atoms with Crippen LogP contribution in [0.3, 0.4) is 0 Å². The number of carbonyl (C=O) groups is 1. The molecule has 2 heterocycles. The summed E-state index contributed by atoms with van der Waals surface area (Å²) in [6.07, 6.45) is 5.15. The Morgan fingerprint density at radius 1 is 1.24 bits per heavy atom. The SMILES string of the molecule is C[C@H](CC(=O)N(Cc1nccn1C)c1ccc2c(c1)[C@@H](NS(=O)(=O)c1cccc(F)c1)CC2)c1cccs1. The van der Waals surface area contributed by atoms with Crippen molar-refractivity contribution in [2.45, 2.75) is 49.6 Å². The number of aryl methyl sites for hydroxylation is 2. The van der Waals surface area contributed by atoms with Gasteiger partial charge in [0, 0.05) is 42.5 Å². The number of rotatable bonds is 9. The second-order valence-corrected chi connectivity index (χ2v) is 12.3. The maximum absolute atomic E-state index is 13.7. The van der Waals surface area contributed by atoms with Gasteiger partial charge in [-0.1, -0.05) is 25.1 Å². The first kappa shape index (κ1) is 26.3. The van der Waals surface area contributed by atoms with Crippen LogP contribution in [-0.2, 0) is 34.8 Å². The van der Waals surface area contributed by atoms with Gasteiger partial charge in [-0.15, -0.1) is 11.3 Å². The van der Waals surface area contributed by atoms with Crippen molar-refractivity contribution in [1.29, 1.82) is 0 Å². The number of hydrogen-bond acceptors (Lipinski definition) is 5. The van der Waals surface area contributed by atoms with Crippen LogP contribution in [0.5, 0.6) is 0 Å². The highest BCUT2D eigenvalue weighted by molar-refractivity contribution is 7.89. The van der Waals surface area contributed by atoms with Gasteiger partial charge >= 0.3 is 0 Å². The second kappa shape index (κ2) is 10.8. The van der Waals surface area contributed by atoms with E-state index in [1.165, 1.54) is 18.2 Å². The van der Waals surface area contributed by atoms with Crippen LogP contribution in [0.2, 0.25) is 0 Å². The Labute approximate surface area is 226 Å². The molecule has 0 unspecified atom stereocenters. The van der Waals surface area contributed by atoms with Crippen LogP contribution in [0, 0.1) is 5.82 Å². The van der Waals surface area contributed by atoms with E-state index < -0.39 is 21.9 Å². The van der Waals surface area contributed by atoms with Gasteiger partial charge in [0.15, 0.2) is 0 Å². The van der Waals surface area contributed by atoms with E-state index in [0.717, 1.165) is 27.9 Å². The van der Waals surface area contributed by atoms with Gasteiger partial charge in [-0.3, -0.25) is 4.79 Å². The summed E-state index contributed by atoms with van der Waals surface area (Å²) in [5, 5.41) is 2.01. The van der Waals surface area contributed by atoms with Crippen LogP contribution in [-0.4, -0.2) is 23.9 Å². The Morgan fingerprint density at radius 2 is 2.08 bits per heavy atom. The minimum atomic E-state index is -3.93. The van der Waals surface area contributed by atoms with Crippen LogP contribution >= 0.6 is 11.3 Å². The van der Waals surface area contributed by atoms with Crippen molar-refractivity contribution in [3.63, 3.8) is 0 Å². The van der Waals surface area contributed by atoms with Gasteiger partial charge in [-0.05, 0) is 71.7 Å². The summed E-state index contributed by atoms with van der Waals surface area (Å²) in [5.74, 6) is 0.156. The van der Waals surface area contributed by atoms with Crippen LogP contribution < -0.4 is 9.62 Å². The van der Waals surface area contributed by atoms with Gasteiger partial charge in [0.05, 0.1) is 11.4 Å². The molecule has 0 fully saturated rings. The number of nitrogens with one attached hydrogen (secondary N) is 1. The molecule has 5 rings (SSSR count). The molecule has 0 spiro atoms. The lowest BCUT2D eigenvalue weighted by Gasteiger charge is -2.25. The molecule has 1 aliphatic carbocycles. The quantitative estimate of drug-likeness (QED) is 0.305. The summed E-state index contributed by atoms with van der Waals surface area (Å²) < 4.78 is 44.3. The zero-order chi connectivity index (χ0) is 26.9. The van der Waals surface area contributed by atoms with Gasteiger partial charge in [-0.2, -0.15) is 0 Å². The molecular weight excluding hydrogens is 523 g/mol. The van der Waals surface area contributed by atoms with Crippen LogP contribution in [0.4, 0.5) is 10.1 Å². The number of imidazole rings is 1. The van der Waals surface area contributed by atoms with E-state index in [4.69, 9.17) is 0 Å². The molecule has 38 heavy (non-hydrogen) atoms. The topological polar surface area (TPSA) is 84.3 Å². The van der Waals surface area contributed by atoms with Gasteiger partial charge in [0.2, 0.25) is 15.9 Å². The number of sulfonamides is 1. The van der Waals surface area contributed by atoms with E-state index in [0.29, 0.717) is 24.9 Å². The Bertz CT molecular complexity index is 1550. The zero-order valence-corrected chi connectivity index (χ0v) is 22.8. The third kappa shape index (κ3) is 5.57. The van der Waals surface area contributed by atoms with Gasteiger partial charge in [0.1, 0.15) is 11.6 Å². The molecule has 10 heteroatoms. The molecule has 1 amide bonds. The summed E-state index contributed by atoms with van der Waals surface area (Å²) in [6, 6.07) is 14.3. The number of amides is 1. The van der Waals surface area contributed by atoms with Crippen LogP contribution in [0.15, 0.2) is 77.3 Å². The number of benzene rings is 2. The summed E-state index contributed by atoms with van der Waals surface area (Å²) in [6.45, 7) is 2.33. The summed E-state index contributed by atoms with van der Waals surface area (Å²) in [7, 11) is -2.04. The number of halogens is 1. The lowest BCUT2D eigenvalue weighted by molar-refractivity contribution is -0.119. The lowest BCUT2D eigenvalue weighted by Crippen LogP contribution is -2.32. The van der Waals surface area contributed by atoms with E-state index in [1.54, 1.807) is 22.4 Å². The third-order valence-corrected chi connectivity index (χ3v) is 9.53. The highest BCUT2D eigenvalue weighted by Gasteiger charge is 2.30. The Hall–Kier alpha value is -3.34. The molecule has 2 aromatic heterocycles. The normalized spacial score (nSPS) is 15.8. The minimum Gasteiger partial charge on any atom is -0.337 e. The highest BCUT2D eigenvalue weighted by Crippen LogP contribution is 2.36. The fraction of sp³-hybridized carbons (Fsp3) is 0.286. The van der Waals surface area contributed by atoms with Crippen molar-refractivity contribution < 1.29 is 17.6 Å². The molecule has 0 saturated heterocycles. The maximum atomic E-state index is 13.7. The van der Waals surface area contributed by atoms with Crippen LogP contribution in [0.1, 0.15) is 53.6 Å². The Kier molecular flexibility index (Phi) is 7.47. The van der Waals surface area contributed by atoms with Gasteiger partial charge < -0.3 is 9.47 Å². The number of aromatic nitrogens is 2. The summed E-state index contributed by atoms with van der Waals surface area (Å²) in [5.41, 5.74) is 2.54. The molecule has 2 aromatic carbocycles. The van der Waals surface area contributed by atoms with Crippen molar-refractivity contribution in [1.82, 2.24) is 14.3 Å². The van der Waals surface area contributed by atoms with Gasteiger partial charge in [-0.25, -0.2) is 22.5 Å². The largest absolute Gasteiger partial charge is 0.337 e. The number of hydrogen-bond donors (Lipinski definition) is 1. The van der Waals surface area contributed by atoms with E-state index in [2.05, 4.69) is 9.71 Å². The molecule has 0 bridgehead atoms. The van der Waals surface area contributed by atoms with Crippen molar-refractivity contribution in [3.8, 4) is 0 Å². The predicted molar refractivity (Wildman–Crippen MR) is 146 cm³/mol. The first-order valence-electron chi connectivity index (χ1n) is 12.4. The van der Waals surface area contributed by atoms with E-state index >= 15 is 0 Å². The van der Waals surface area contributed by atoms with Crippen LogP contribution in [0.25, 0.3) is 0 Å². The molecule has 1 aliphatic rings. The fourth-order valence-corrected chi connectivity index (χ4v) is 6.90. The predicted octanol–water partition coefficient (Wildman–Crippen LogP) is 5.31. The zero-order valence-electron chi connectivity index (χ0n) is 21.2. The molecule has 0 radical (unpaired) electrons. The van der Waals surface area contributed by atoms with Crippen molar-refractivity contribution in [2.24, 2.45) is 7.05 Å². The number of thiophene rings is 1. The third-order valence-electron chi connectivity index (χ3n) is 6.95. The number of nitrogens with zero attached hydrogens (tertiary/aromatic N) is 3. The molecule has 4 aromatic rings. The number of anilines is 1. The molecule has 198 valence electrons. The average Bonchev–Trinajstić information content (AvgIpc) is 3.64. The van der Waals surface area contributed by atoms with Crippen molar-refractivity contribution >= 4 is 33.0 Å². The van der Waals surface area contributed by atoms with Crippen molar-refractivity contribution in [2.75, 3.05) is 4.90 Å². The Balaban J connectivity index is 1.44. The Morgan fingerprint density at radius 3 is 2.79 bits per heavy atom. The number of fused-ring (bicyclic) bond motifs is 1. The van der Waals surface area contributed by atoms with Crippen molar-refractivity contribution in [3.05, 3.63) is 100 Å². The highest BCUT2D eigenvalue weighted by atomic mass is 32.2. The van der Waals surface area contributed by atoms with E-state index in [1.807, 2.05) is 60.4 Å². The molecular formula is C28H29FN4O3S2. The maximum Gasteiger partial charge on any atom is 0.241 e. The van der Waals surface area contributed by atoms with E-state index in [-0.39, 0.29) is 23.3 Å². The van der Waals surface area contributed by atoms with Gasteiger partial charge in [0.25, 0.3) is 0 Å². The molecule has 0 aliphatic heterocycles. The minimum absolute atomic E-state index is 0.0382. The first-order valence-corrected chi connectivity index (χ1v) is 14.8. The average molecular weight is 553 g/mol. The standard InChI is InChI=1S/C28H29FN4O3S2/c1-19(26-7-4-14-37-26)15-28(34)33(18-27-30-12-13-32(27)2)22-10-8-20-9-11-25(24(20)17-22)31-38(35,36)23-6-3-5-21(29)16-23/h3-8,10,12-14,16-17,19,25,31H,9,11,15,18H2,1-2H3/t19-,25+/m1/s1. The fourth-order valence-electron chi connectivity index (χ4n) is 4.83.